The lowest BCUT2D eigenvalue weighted by molar-refractivity contribution is 0.308. The van der Waals surface area contributed by atoms with Crippen LogP contribution in [-0.4, -0.2) is 27.9 Å². The molecule has 24 heavy (non-hydrogen) atoms. The summed E-state index contributed by atoms with van der Waals surface area (Å²) >= 11 is 0. The molecule has 3 aromatic carbocycles. The highest BCUT2D eigenvalue weighted by molar-refractivity contribution is 6.87. The number of hydrogen-bond acceptors (Lipinski definition) is 3. The molecule has 0 N–H and O–H groups in total. The van der Waals surface area contributed by atoms with E-state index in [2.05, 4.69) is 36.4 Å². The third kappa shape index (κ3) is 3.49. The van der Waals surface area contributed by atoms with Crippen molar-refractivity contribution in [2.24, 2.45) is 0 Å². The van der Waals surface area contributed by atoms with Gasteiger partial charge in [0.2, 0.25) is 0 Å². The highest BCUT2D eigenvalue weighted by atomic mass is 28.5. The van der Waals surface area contributed by atoms with Crippen LogP contribution < -0.4 is 15.6 Å². The first kappa shape index (κ1) is 15.7. The molecular formula is C18H18O3Si3. The van der Waals surface area contributed by atoms with E-state index >= 15 is 0 Å². The lowest BCUT2D eigenvalue weighted by Crippen LogP contribution is -2.61. The Morgan fingerprint density at radius 1 is 0.375 bits per heavy atom. The van der Waals surface area contributed by atoms with Crippen LogP contribution in [0, 0.1) is 0 Å². The van der Waals surface area contributed by atoms with Gasteiger partial charge in [0.15, 0.2) is 0 Å². The molecule has 3 nitrogen and oxygen atoms in total. The molecule has 1 saturated heterocycles. The van der Waals surface area contributed by atoms with Crippen LogP contribution in [0.4, 0.5) is 0 Å². The van der Waals surface area contributed by atoms with Gasteiger partial charge in [-0.15, -0.1) is 0 Å². The third-order valence-corrected chi connectivity index (χ3v) is 12.7. The predicted octanol–water partition coefficient (Wildman–Crippen LogP) is 0.433. The highest BCUT2D eigenvalue weighted by Crippen LogP contribution is 2.10. The van der Waals surface area contributed by atoms with E-state index < -0.39 is 27.9 Å². The van der Waals surface area contributed by atoms with Gasteiger partial charge in [0.05, 0.1) is 0 Å². The van der Waals surface area contributed by atoms with Crippen molar-refractivity contribution in [1.29, 1.82) is 0 Å². The summed E-state index contributed by atoms with van der Waals surface area (Å²) in [6.45, 7) is 0. The molecule has 0 saturated carbocycles. The van der Waals surface area contributed by atoms with Crippen LogP contribution in [0.2, 0.25) is 0 Å². The normalized spacial score (nSPS) is 23.8. The standard InChI is InChI=1S/C18H18O3Si3/c1-4-10-16(11-5-1)22-19-23(17-12-6-2-7-13-17)21-24(20-22)18-14-8-3-9-15-18/h1-15,22-24H. The Morgan fingerprint density at radius 3 is 0.875 bits per heavy atom. The van der Waals surface area contributed by atoms with Crippen LogP contribution in [0.15, 0.2) is 91.0 Å². The van der Waals surface area contributed by atoms with Crippen molar-refractivity contribution in [3.8, 4) is 0 Å². The minimum atomic E-state index is -1.94. The fraction of sp³-hybridized carbons (Fsp3) is 0. The van der Waals surface area contributed by atoms with E-state index in [-0.39, 0.29) is 0 Å². The molecule has 0 aromatic heterocycles. The van der Waals surface area contributed by atoms with Crippen LogP contribution in [0.1, 0.15) is 0 Å². The minimum absolute atomic E-state index is 1.18. The number of rotatable bonds is 3. The van der Waals surface area contributed by atoms with Gasteiger partial charge in [-0.1, -0.05) is 91.0 Å². The second-order valence-corrected chi connectivity index (χ2v) is 12.9. The molecule has 0 unspecified atom stereocenters. The molecule has 1 fully saturated rings. The molecule has 0 spiro atoms. The summed E-state index contributed by atoms with van der Waals surface area (Å²) in [6, 6.07) is 31.0. The molecule has 120 valence electrons. The van der Waals surface area contributed by atoms with E-state index in [0.717, 1.165) is 0 Å². The molecule has 0 aliphatic carbocycles. The molecule has 0 bridgehead atoms. The molecule has 1 aliphatic heterocycles. The Bertz CT molecular complexity index is 657. The van der Waals surface area contributed by atoms with Gasteiger partial charge >= 0.3 is 27.9 Å². The summed E-state index contributed by atoms with van der Waals surface area (Å²) in [5.74, 6) is 0. The first-order valence-electron chi connectivity index (χ1n) is 8.01. The van der Waals surface area contributed by atoms with Gasteiger partial charge in [-0.25, -0.2) is 0 Å². The highest BCUT2D eigenvalue weighted by Gasteiger charge is 2.37. The largest absolute Gasteiger partial charge is 0.413 e. The fourth-order valence-corrected chi connectivity index (χ4v) is 13.3. The van der Waals surface area contributed by atoms with E-state index in [1.165, 1.54) is 15.6 Å². The summed E-state index contributed by atoms with van der Waals surface area (Å²) in [4.78, 5) is 0. The SMILES string of the molecule is c1ccc([SiH]2O[SiH](c3ccccc3)O[SiH](c3ccccc3)O2)cc1. The Morgan fingerprint density at radius 2 is 0.625 bits per heavy atom. The maximum atomic E-state index is 6.38. The van der Waals surface area contributed by atoms with E-state index in [1.54, 1.807) is 0 Å². The molecule has 0 radical (unpaired) electrons. The van der Waals surface area contributed by atoms with Crippen molar-refractivity contribution in [3.63, 3.8) is 0 Å². The van der Waals surface area contributed by atoms with Crippen LogP contribution in [0.5, 0.6) is 0 Å². The summed E-state index contributed by atoms with van der Waals surface area (Å²) in [6.07, 6.45) is 0. The van der Waals surface area contributed by atoms with Gasteiger partial charge in [0, 0.05) is 0 Å². The molecule has 6 heteroatoms. The maximum Gasteiger partial charge on any atom is 0.338 e. The van der Waals surface area contributed by atoms with E-state index in [9.17, 15) is 0 Å². The van der Waals surface area contributed by atoms with Crippen LogP contribution in [0.3, 0.4) is 0 Å². The Balaban J connectivity index is 1.66. The van der Waals surface area contributed by atoms with E-state index in [1.807, 2.05) is 54.6 Å². The molecule has 4 rings (SSSR count). The lowest BCUT2D eigenvalue weighted by Gasteiger charge is -2.34. The zero-order valence-electron chi connectivity index (χ0n) is 13.1. The average molecular weight is 367 g/mol. The van der Waals surface area contributed by atoms with Crippen LogP contribution in [-0.2, 0) is 12.3 Å². The summed E-state index contributed by atoms with van der Waals surface area (Å²) in [7, 11) is -5.82. The summed E-state index contributed by atoms with van der Waals surface area (Å²) in [5.41, 5.74) is 0. The van der Waals surface area contributed by atoms with Crippen molar-refractivity contribution in [2.45, 2.75) is 0 Å². The van der Waals surface area contributed by atoms with Gasteiger partial charge in [-0.3, -0.25) is 0 Å². The monoisotopic (exact) mass is 366 g/mol. The molecule has 3 aromatic rings. The zero-order valence-corrected chi connectivity index (χ0v) is 16.6. The van der Waals surface area contributed by atoms with Crippen molar-refractivity contribution in [2.75, 3.05) is 0 Å². The second kappa shape index (κ2) is 7.39. The van der Waals surface area contributed by atoms with Gasteiger partial charge in [0.25, 0.3) is 0 Å². The van der Waals surface area contributed by atoms with Crippen molar-refractivity contribution < 1.29 is 12.3 Å². The Hall–Kier alpha value is -1.81. The van der Waals surface area contributed by atoms with Crippen molar-refractivity contribution >= 4 is 43.4 Å². The first-order valence-corrected chi connectivity index (χ1v) is 12.6. The number of benzene rings is 3. The number of hydrogen-bond donors (Lipinski definition) is 0. The zero-order chi connectivity index (χ0) is 16.2. The Kier molecular flexibility index (Phi) is 4.84. The van der Waals surface area contributed by atoms with Gasteiger partial charge in [0.1, 0.15) is 0 Å². The van der Waals surface area contributed by atoms with E-state index in [4.69, 9.17) is 12.3 Å². The second-order valence-electron chi connectivity index (χ2n) is 5.64. The summed E-state index contributed by atoms with van der Waals surface area (Å²) in [5, 5.41) is 3.55. The fourth-order valence-electron chi connectivity index (χ4n) is 2.73. The third-order valence-electron chi connectivity index (χ3n) is 3.96. The lowest BCUT2D eigenvalue weighted by atomic mass is 10.4. The first-order chi connectivity index (χ1) is 11.9. The minimum Gasteiger partial charge on any atom is -0.413 e. The van der Waals surface area contributed by atoms with Crippen molar-refractivity contribution in [3.05, 3.63) is 91.0 Å². The van der Waals surface area contributed by atoms with Gasteiger partial charge in [-0.2, -0.15) is 0 Å². The average Bonchev–Trinajstić information content (AvgIpc) is 2.70. The van der Waals surface area contributed by atoms with Gasteiger partial charge in [-0.05, 0) is 15.6 Å². The molecule has 1 heterocycles. The summed E-state index contributed by atoms with van der Waals surface area (Å²) < 4.78 is 19.1. The Labute approximate surface area is 147 Å². The smallest absolute Gasteiger partial charge is 0.338 e. The molecule has 0 amide bonds. The van der Waals surface area contributed by atoms with Crippen molar-refractivity contribution in [1.82, 2.24) is 0 Å². The van der Waals surface area contributed by atoms with Gasteiger partial charge < -0.3 is 12.3 Å². The predicted molar refractivity (Wildman–Crippen MR) is 103 cm³/mol. The molecule has 1 aliphatic rings. The topological polar surface area (TPSA) is 27.7 Å². The molecular weight excluding hydrogens is 348 g/mol. The van der Waals surface area contributed by atoms with Crippen LogP contribution in [0.25, 0.3) is 0 Å². The maximum absolute atomic E-state index is 6.38. The van der Waals surface area contributed by atoms with E-state index in [0.29, 0.717) is 0 Å². The van der Waals surface area contributed by atoms with Crippen LogP contribution >= 0.6 is 0 Å². The quantitative estimate of drug-likeness (QED) is 0.630. The molecule has 0 atom stereocenters.